The van der Waals surface area contributed by atoms with E-state index in [1.165, 1.54) is 18.2 Å². The highest BCUT2D eigenvalue weighted by Gasteiger charge is 2.43. The molecule has 1 aliphatic heterocycles. The number of rotatable bonds is 3. The van der Waals surface area contributed by atoms with Gasteiger partial charge in [-0.1, -0.05) is 0 Å². The van der Waals surface area contributed by atoms with Gasteiger partial charge in [0.15, 0.2) is 0 Å². The van der Waals surface area contributed by atoms with Crippen molar-refractivity contribution in [3.8, 4) is 0 Å². The van der Waals surface area contributed by atoms with Gasteiger partial charge in [0, 0.05) is 12.6 Å². The lowest BCUT2D eigenvalue weighted by Crippen LogP contribution is -2.36. The molecule has 1 aliphatic carbocycles. The van der Waals surface area contributed by atoms with Gasteiger partial charge in [-0.25, -0.2) is 12.8 Å². The highest BCUT2D eigenvalue weighted by Crippen LogP contribution is 2.42. The van der Waals surface area contributed by atoms with Gasteiger partial charge in [0.1, 0.15) is 5.82 Å². The highest BCUT2D eigenvalue weighted by atomic mass is 32.2. The molecule has 2 aliphatic rings. The number of nitrogens with zero attached hydrogens (tertiary/aromatic N) is 1. The predicted octanol–water partition coefficient (Wildman–Crippen LogP) is 2.70. The molecule has 3 nitrogen and oxygen atoms in total. The summed E-state index contributed by atoms with van der Waals surface area (Å²) in [5.74, 6) is 0.179. The number of benzene rings is 1. The molecule has 1 atom stereocenters. The summed E-state index contributed by atoms with van der Waals surface area (Å²) in [6.45, 7) is 2.19. The zero-order valence-corrected chi connectivity index (χ0v) is 11.8. The monoisotopic (exact) mass is 283 g/mol. The standard InChI is InChI=1S/C14H18FNO2S/c1-10-9-12(6-7-13(10)15)19(17,18)16-8-2-3-14(16)11-4-5-11/h6-7,9,11,14H,2-5,8H2,1H3. The molecule has 1 saturated carbocycles. The van der Waals surface area contributed by atoms with Gasteiger partial charge in [-0.3, -0.25) is 0 Å². The summed E-state index contributed by atoms with van der Waals surface area (Å²) in [5, 5.41) is 0. The maximum absolute atomic E-state index is 13.3. The molecule has 0 amide bonds. The lowest BCUT2D eigenvalue weighted by Gasteiger charge is -2.24. The fourth-order valence-electron chi connectivity index (χ4n) is 2.93. The minimum absolute atomic E-state index is 0.162. The number of aryl methyl sites for hydroxylation is 1. The molecule has 1 unspecified atom stereocenters. The van der Waals surface area contributed by atoms with E-state index in [4.69, 9.17) is 0 Å². The molecule has 2 fully saturated rings. The average Bonchev–Trinajstić information content (AvgIpc) is 3.09. The maximum Gasteiger partial charge on any atom is 0.243 e. The van der Waals surface area contributed by atoms with E-state index in [1.807, 2.05) is 0 Å². The third-order valence-corrected chi connectivity index (χ3v) is 6.07. The summed E-state index contributed by atoms with van der Waals surface area (Å²) < 4.78 is 40.2. The Balaban J connectivity index is 1.94. The molecule has 3 rings (SSSR count). The Morgan fingerprint density at radius 3 is 2.63 bits per heavy atom. The van der Waals surface area contributed by atoms with Crippen molar-refractivity contribution in [2.75, 3.05) is 6.54 Å². The van der Waals surface area contributed by atoms with Crippen molar-refractivity contribution in [1.29, 1.82) is 0 Å². The number of sulfonamides is 1. The molecule has 0 aromatic heterocycles. The van der Waals surface area contributed by atoms with Crippen LogP contribution in [0.3, 0.4) is 0 Å². The molecular formula is C14H18FNO2S. The van der Waals surface area contributed by atoms with Crippen molar-refractivity contribution in [1.82, 2.24) is 4.31 Å². The predicted molar refractivity (Wildman–Crippen MR) is 70.8 cm³/mol. The Kier molecular flexibility index (Phi) is 3.14. The molecule has 1 aromatic rings. The molecule has 0 N–H and O–H groups in total. The molecule has 0 radical (unpaired) electrons. The quantitative estimate of drug-likeness (QED) is 0.855. The third-order valence-electron chi connectivity index (χ3n) is 4.15. The smallest absolute Gasteiger partial charge is 0.207 e. The zero-order valence-electron chi connectivity index (χ0n) is 11.0. The van der Waals surface area contributed by atoms with Crippen LogP contribution >= 0.6 is 0 Å². The van der Waals surface area contributed by atoms with E-state index in [0.717, 1.165) is 25.7 Å². The van der Waals surface area contributed by atoms with E-state index in [-0.39, 0.29) is 16.8 Å². The van der Waals surface area contributed by atoms with Crippen LogP contribution in [0.15, 0.2) is 23.1 Å². The van der Waals surface area contributed by atoms with Crippen molar-refractivity contribution >= 4 is 10.0 Å². The van der Waals surface area contributed by atoms with Crippen LogP contribution in [0.25, 0.3) is 0 Å². The van der Waals surface area contributed by atoms with Crippen molar-refractivity contribution in [2.24, 2.45) is 5.92 Å². The van der Waals surface area contributed by atoms with Crippen LogP contribution in [-0.4, -0.2) is 25.3 Å². The lowest BCUT2D eigenvalue weighted by atomic mass is 10.1. The molecule has 1 saturated heterocycles. The van der Waals surface area contributed by atoms with Gasteiger partial charge in [0.25, 0.3) is 0 Å². The molecule has 104 valence electrons. The van der Waals surface area contributed by atoms with Crippen molar-refractivity contribution in [3.05, 3.63) is 29.6 Å². The van der Waals surface area contributed by atoms with E-state index >= 15 is 0 Å². The van der Waals surface area contributed by atoms with Crippen LogP contribution in [-0.2, 0) is 10.0 Å². The van der Waals surface area contributed by atoms with Crippen LogP contribution in [0.4, 0.5) is 4.39 Å². The highest BCUT2D eigenvalue weighted by molar-refractivity contribution is 7.89. The SMILES string of the molecule is Cc1cc(S(=O)(=O)N2CCCC2C2CC2)ccc1F. The second-order valence-corrected chi connectivity index (χ2v) is 7.46. The zero-order chi connectivity index (χ0) is 13.6. The number of hydrogen-bond acceptors (Lipinski definition) is 2. The van der Waals surface area contributed by atoms with E-state index in [1.54, 1.807) is 11.2 Å². The topological polar surface area (TPSA) is 37.4 Å². The molecular weight excluding hydrogens is 265 g/mol. The first-order valence-corrected chi connectivity index (χ1v) is 8.22. The Morgan fingerprint density at radius 2 is 2.00 bits per heavy atom. The van der Waals surface area contributed by atoms with Gasteiger partial charge in [-0.05, 0) is 62.3 Å². The minimum Gasteiger partial charge on any atom is -0.207 e. The summed E-state index contributed by atoms with van der Waals surface area (Å²) in [4.78, 5) is 0.221. The van der Waals surface area contributed by atoms with Crippen LogP contribution in [0, 0.1) is 18.7 Å². The second-order valence-electron chi connectivity index (χ2n) is 5.57. The largest absolute Gasteiger partial charge is 0.243 e. The van der Waals surface area contributed by atoms with Crippen molar-refractivity contribution < 1.29 is 12.8 Å². The van der Waals surface area contributed by atoms with Gasteiger partial charge in [-0.15, -0.1) is 0 Å². The van der Waals surface area contributed by atoms with Crippen molar-refractivity contribution in [2.45, 2.75) is 43.5 Å². The van der Waals surface area contributed by atoms with E-state index in [9.17, 15) is 12.8 Å². The summed E-state index contributed by atoms with van der Waals surface area (Å²) in [7, 11) is -3.47. The molecule has 19 heavy (non-hydrogen) atoms. The molecule has 0 spiro atoms. The van der Waals surface area contributed by atoms with Gasteiger partial charge in [0.05, 0.1) is 4.90 Å². The Bertz CT molecular complexity index is 595. The van der Waals surface area contributed by atoms with Crippen molar-refractivity contribution in [3.63, 3.8) is 0 Å². The van der Waals surface area contributed by atoms with Gasteiger partial charge in [0.2, 0.25) is 10.0 Å². The molecule has 5 heteroatoms. The van der Waals surface area contributed by atoms with Crippen LogP contribution in [0.2, 0.25) is 0 Å². The normalized spacial score (nSPS) is 24.8. The minimum atomic E-state index is -3.47. The van der Waals surface area contributed by atoms with Gasteiger partial charge < -0.3 is 0 Å². The molecule has 1 aromatic carbocycles. The van der Waals surface area contributed by atoms with Crippen LogP contribution in [0.1, 0.15) is 31.2 Å². The number of hydrogen-bond donors (Lipinski definition) is 0. The molecule has 1 heterocycles. The fourth-order valence-corrected chi connectivity index (χ4v) is 4.77. The summed E-state index contributed by atoms with van der Waals surface area (Å²) in [5.41, 5.74) is 0.378. The second kappa shape index (κ2) is 4.56. The maximum atomic E-state index is 13.3. The molecule has 0 bridgehead atoms. The van der Waals surface area contributed by atoms with Crippen LogP contribution < -0.4 is 0 Å². The summed E-state index contributed by atoms with van der Waals surface area (Å²) in [6.07, 6.45) is 4.17. The van der Waals surface area contributed by atoms with Gasteiger partial charge >= 0.3 is 0 Å². The van der Waals surface area contributed by atoms with E-state index in [2.05, 4.69) is 0 Å². The third kappa shape index (κ3) is 2.30. The summed E-state index contributed by atoms with van der Waals surface area (Å²) in [6, 6.07) is 4.22. The first kappa shape index (κ1) is 13.1. The average molecular weight is 283 g/mol. The lowest BCUT2D eigenvalue weighted by molar-refractivity contribution is 0.356. The number of halogens is 1. The summed E-state index contributed by atoms with van der Waals surface area (Å²) >= 11 is 0. The fraction of sp³-hybridized carbons (Fsp3) is 0.571. The van der Waals surface area contributed by atoms with E-state index in [0.29, 0.717) is 18.0 Å². The Labute approximate surface area is 113 Å². The van der Waals surface area contributed by atoms with Gasteiger partial charge in [-0.2, -0.15) is 4.31 Å². The first-order chi connectivity index (χ1) is 9.00. The van der Waals surface area contributed by atoms with E-state index < -0.39 is 10.0 Å². The Morgan fingerprint density at radius 1 is 1.26 bits per heavy atom. The first-order valence-electron chi connectivity index (χ1n) is 6.78. The Hall–Kier alpha value is -0.940. The van der Waals surface area contributed by atoms with Crippen LogP contribution in [0.5, 0.6) is 0 Å².